The van der Waals surface area contributed by atoms with Crippen molar-refractivity contribution in [3.63, 3.8) is 0 Å². The Labute approximate surface area is 125 Å². The molecule has 0 saturated carbocycles. The van der Waals surface area contributed by atoms with Crippen LogP contribution in [0.1, 0.15) is 5.56 Å². The van der Waals surface area contributed by atoms with Gasteiger partial charge < -0.3 is 5.11 Å². The summed E-state index contributed by atoms with van der Waals surface area (Å²) in [6, 6.07) is 2.86. The van der Waals surface area contributed by atoms with Gasteiger partial charge in [-0.05, 0) is 18.2 Å². The highest BCUT2D eigenvalue weighted by molar-refractivity contribution is 7.99. The summed E-state index contributed by atoms with van der Waals surface area (Å²) in [5, 5.41) is 16.0. The number of hydrogen-bond acceptors (Lipinski definition) is 4. The molecule has 0 aliphatic carbocycles. The number of halogens is 4. The van der Waals surface area contributed by atoms with Gasteiger partial charge in [-0.15, -0.1) is 10.2 Å². The fraction of sp³-hybridized carbons (Fsp3) is 0.182. The van der Waals surface area contributed by atoms with E-state index in [9.17, 15) is 18.0 Å². The molecule has 0 unspecified atom stereocenters. The van der Waals surface area contributed by atoms with E-state index in [1.54, 1.807) is 0 Å². The van der Waals surface area contributed by atoms with E-state index in [1.165, 1.54) is 17.0 Å². The van der Waals surface area contributed by atoms with Crippen molar-refractivity contribution in [1.29, 1.82) is 0 Å². The normalized spacial score (nSPS) is 11.6. The minimum absolute atomic E-state index is 0.137. The summed E-state index contributed by atoms with van der Waals surface area (Å²) in [4.78, 5) is 10.5. The van der Waals surface area contributed by atoms with Crippen molar-refractivity contribution < 1.29 is 23.1 Å². The third-order valence-electron chi connectivity index (χ3n) is 2.38. The van der Waals surface area contributed by atoms with E-state index in [-0.39, 0.29) is 21.6 Å². The molecule has 0 bridgehead atoms. The summed E-state index contributed by atoms with van der Waals surface area (Å²) < 4.78 is 39.0. The van der Waals surface area contributed by atoms with Crippen molar-refractivity contribution in [3.05, 3.63) is 35.1 Å². The predicted octanol–water partition coefficient (Wildman–Crippen LogP) is 3.12. The van der Waals surface area contributed by atoms with Crippen molar-refractivity contribution in [1.82, 2.24) is 14.8 Å². The highest BCUT2D eigenvalue weighted by Crippen LogP contribution is 2.34. The van der Waals surface area contributed by atoms with Crippen LogP contribution in [0.25, 0.3) is 5.69 Å². The summed E-state index contributed by atoms with van der Waals surface area (Å²) in [6.45, 7) is 0. The summed E-state index contributed by atoms with van der Waals surface area (Å²) in [7, 11) is 0. The minimum atomic E-state index is -4.49. The van der Waals surface area contributed by atoms with Crippen LogP contribution < -0.4 is 0 Å². The Bertz CT molecular complexity index is 675. The fourth-order valence-electron chi connectivity index (χ4n) is 1.49. The molecule has 1 aromatic carbocycles. The van der Waals surface area contributed by atoms with E-state index in [0.29, 0.717) is 0 Å². The van der Waals surface area contributed by atoms with Gasteiger partial charge in [-0.1, -0.05) is 23.4 Å². The number of carbonyl (C=O) groups is 1. The molecule has 0 fully saturated rings. The van der Waals surface area contributed by atoms with Crippen LogP contribution in [0.2, 0.25) is 5.02 Å². The molecule has 0 saturated heterocycles. The number of alkyl halides is 3. The minimum Gasteiger partial charge on any atom is -0.481 e. The van der Waals surface area contributed by atoms with Crippen molar-refractivity contribution in [2.45, 2.75) is 11.3 Å². The first-order chi connectivity index (χ1) is 9.79. The third kappa shape index (κ3) is 3.67. The molecule has 112 valence electrons. The zero-order valence-corrected chi connectivity index (χ0v) is 11.7. The molecule has 2 aromatic rings. The summed E-state index contributed by atoms with van der Waals surface area (Å²) in [5.74, 6) is -1.30. The van der Waals surface area contributed by atoms with Gasteiger partial charge in [0.15, 0.2) is 5.16 Å². The highest BCUT2D eigenvalue weighted by Gasteiger charge is 2.31. The third-order valence-corrected chi connectivity index (χ3v) is 3.61. The molecule has 1 heterocycles. The molecule has 1 aromatic heterocycles. The summed E-state index contributed by atoms with van der Waals surface area (Å²) in [6.07, 6.45) is -3.24. The van der Waals surface area contributed by atoms with Gasteiger partial charge >= 0.3 is 12.1 Å². The zero-order chi connectivity index (χ0) is 15.6. The molecule has 10 heteroatoms. The summed E-state index contributed by atoms with van der Waals surface area (Å²) >= 11 is 6.74. The van der Waals surface area contributed by atoms with Gasteiger partial charge in [-0.3, -0.25) is 9.36 Å². The molecule has 5 nitrogen and oxygen atoms in total. The van der Waals surface area contributed by atoms with Crippen LogP contribution in [0.4, 0.5) is 13.2 Å². The standard InChI is InChI=1S/C11H7ClF3N3O2S/c12-7-3-6(11(13,14)15)1-2-8(7)18-5-16-17-10(18)21-4-9(19)20/h1-3,5H,4H2,(H,19,20). The lowest BCUT2D eigenvalue weighted by Gasteiger charge is -2.11. The lowest BCUT2D eigenvalue weighted by molar-refractivity contribution is -0.137. The number of carboxylic acids is 1. The fourth-order valence-corrected chi connectivity index (χ4v) is 2.41. The van der Waals surface area contributed by atoms with E-state index in [2.05, 4.69) is 10.2 Å². The van der Waals surface area contributed by atoms with Crippen LogP contribution in [0.3, 0.4) is 0 Å². The lowest BCUT2D eigenvalue weighted by atomic mass is 10.2. The molecule has 21 heavy (non-hydrogen) atoms. The first kappa shape index (κ1) is 15.6. The van der Waals surface area contributed by atoms with E-state index in [0.717, 1.165) is 23.9 Å². The van der Waals surface area contributed by atoms with E-state index in [1.807, 2.05) is 0 Å². The lowest BCUT2D eigenvalue weighted by Crippen LogP contribution is -2.06. The Morgan fingerprint density at radius 3 is 2.71 bits per heavy atom. The second-order valence-electron chi connectivity index (χ2n) is 3.83. The Balaban J connectivity index is 2.35. The Hall–Kier alpha value is -1.74. The topological polar surface area (TPSA) is 68.0 Å². The number of thioether (sulfide) groups is 1. The first-order valence-corrected chi connectivity index (χ1v) is 6.77. The van der Waals surface area contributed by atoms with Gasteiger partial charge in [0, 0.05) is 0 Å². The summed E-state index contributed by atoms with van der Waals surface area (Å²) in [5.41, 5.74) is -0.633. The second kappa shape index (κ2) is 5.94. The number of aliphatic carboxylic acids is 1. The Kier molecular flexibility index (Phi) is 4.43. The molecule has 0 aliphatic rings. The maximum atomic E-state index is 12.6. The van der Waals surface area contributed by atoms with Crippen molar-refractivity contribution >= 4 is 29.3 Å². The van der Waals surface area contributed by atoms with Crippen LogP contribution in [0.5, 0.6) is 0 Å². The Morgan fingerprint density at radius 2 is 2.14 bits per heavy atom. The molecule has 0 radical (unpaired) electrons. The SMILES string of the molecule is O=C(O)CSc1nncn1-c1ccc(C(F)(F)F)cc1Cl. The van der Waals surface area contributed by atoms with E-state index >= 15 is 0 Å². The monoisotopic (exact) mass is 337 g/mol. The molecule has 2 rings (SSSR count). The van der Waals surface area contributed by atoms with Crippen LogP contribution in [0, 0.1) is 0 Å². The predicted molar refractivity (Wildman–Crippen MR) is 69.7 cm³/mol. The maximum absolute atomic E-state index is 12.6. The average Bonchev–Trinajstić information content (AvgIpc) is 2.83. The number of nitrogens with zero attached hydrogens (tertiary/aromatic N) is 3. The number of benzene rings is 1. The van der Waals surface area contributed by atoms with Crippen LogP contribution in [-0.4, -0.2) is 31.6 Å². The van der Waals surface area contributed by atoms with Crippen molar-refractivity contribution in [2.75, 3.05) is 5.75 Å². The molecular formula is C11H7ClF3N3O2S. The van der Waals surface area contributed by atoms with Crippen molar-refractivity contribution in [2.24, 2.45) is 0 Å². The van der Waals surface area contributed by atoms with Gasteiger partial charge in [0.05, 0.1) is 22.0 Å². The molecule has 0 atom stereocenters. The van der Waals surface area contributed by atoms with E-state index < -0.39 is 17.7 Å². The maximum Gasteiger partial charge on any atom is 0.416 e. The van der Waals surface area contributed by atoms with Crippen LogP contribution >= 0.6 is 23.4 Å². The zero-order valence-electron chi connectivity index (χ0n) is 10.1. The largest absolute Gasteiger partial charge is 0.481 e. The quantitative estimate of drug-likeness (QED) is 0.868. The van der Waals surface area contributed by atoms with Gasteiger partial charge in [-0.25, -0.2) is 0 Å². The molecule has 0 aliphatic heterocycles. The van der Waals surface area contributed by atoms with Gasteiger partial charge in [0.1, 0.15) is 6.33 Å². The number of hydrogen-bond donors (Lipinski definition) is 1. The second-order valence-corrected chi connectivity index (χ2v) is 5.18. The van der Waals surface area contributed by atoms with E-state index in [4.69, 9.17) is 16.7 Å². The molecular weight excluding hydrogens is 331 g/mol. The number of carboxylic acid groups (broad SMARTS) is 1. The van der Waals surface area contributed by atoms with Gasteiger partial charge in [0.2, 0.25) is 0 Å². The number of aromatic nitrogens is 3. The Morgan fingerprint density at radius 1 is 1.43 bits per heavy atom. The smallest absolute Gasteiger partial charge is 0.416 e. The highest BCUT2D eigenvalue weighted by atomic mass is 35.5. The van der Waals surface area contributed by atoms with Crippen LogP contribution in [-0.2, 0) is 11.0 Å². The number of rotatable bonds is 4. The molecule has 1 N–H and O–H groups in total. The molecule has 0 spiro atoms. The van der Waals surface area contributed by atoms with Crippen molar-refractivity contribution in [3.8, 4) is 5.69 Å². The molecule has 0 amide bonds. The van der Waals surface area contributed by atoms with Crippen LogP contribution in [0.15, 0.2) is 29.7 Å². The average molecular weight is 338 g/mol. The van der Waals surface area contributed by atoms with Gasteiger partial charge in [-0.2, -0.15) is 13.2 Å². The first-order valence-electron chi connectivity index (χ1n) is 5.41. The van der Waals surface area contributed by atoms with Gasteiger partial charge in [0.25, 0.3) is 0 Å².